The highest BCUT2D eigenvalue weighted by molar-refractivity contribution is 6.30. The summed E-state index contributed by atoms with van der Waals surface area (Å²) < 4.78 is 52.5. The highest BCUT2D eigenvalue weighted by Gasteiger charge is 2.55. The normalized spacial score (nSPS) is 20.1. The Labute approximate surface area is 228 Å². The van der Waals surface area contributed by atoms with Crippen LogP contribution in [-0.4, -0.2) is 54.5 Å². The number of benzene rings is 3. The van der Waals surface area contributed by atoms with Crippen LogP contribution in [0.15, 0.2) is 78.9 Å². The van der Waals surface area contributed by atoms with E-state index >= 15 is 0 Å². The second kappa shape index (κ2) is 11.0. The van der Waals surface area contributed by atoms with Crippen LogP contribution >= 0.6 is 11.6 Å². The molecule has 3 aromatic carbocycles. The lowest BCUT2D eigenvalue weighted by atomic mass is 9.96. The molecule has 2 aliphatic rings. The minimum Gasteiger partial charge on any atom is -0.459 e. The number of ether oxygens (including phenoxy) is 2. The molecule has 5 rings (SSSR count). The third-order valence-electron chi connectivity index (χ3n) is 6.71. The van der Waals surface area contributed by atoms with Crippen molar-refractivity contribution >= 4 is 23.4 Å². The summed E-state index contributed by atoms with van der Waals surface area (Å²) in [6.45, 7) is 1.00. The van der Waals surface area contributed by atoms with Crippen molar-refractivity contribution in [2.45, 2.75) is 18.1 Å². The number of rotatable bonds is 6. The minimum atomic E-state index is -4.59. The van der Waals surface area contributed by atoms with Gasteiger partial charge in [-0.3, -0.25) is 19.8 Å². The number of hydrogen-bond donors (Lipinski definition) is 1. The van der Waals surface area contributed by atoms with Crippen molar-refractivity contribution in [2.75, 3.05) is 32.8 Å². The van der Waals surface area contributed by atoms with Gasteiger partial charge in [0, 0.05) is 23.7 Å². The number of carbonyl (C=O) groups is 2. The molecule has 1 N–H and O–H groups in total. The van der Waals surface area contributed by atoms with Gasteiger partial charge in [-0.1, -0.05) is 54.1 Å². The number of imide groups is 1. The zero-order chi connectivity index (χ0) is 27.6. The summed E-state index contributed by atoms with van der Waals surface area (Å²) >= 11 is 6.07. The van der Waals surface area contributed by atoms with Gasteiger partial charge >= 0.3 is 6.18 Å². The molecular weight excluding hydrogens is 535 g/mol. The minimum absolute atomic E-state index is 0.124. The Morgan fingerprint density at radius 2 is 1.62 bits per heavy atom. The van der Waals surface area contributed by atoms with Crippen molar-refractivity contribution < 1.29 is 32.2 Å². The first kappa shape index (κ1) is 27.1. The van der Waals surface area contributed by atoms with E-state index in [0.717, 1.165) is 17.0 Å². The van der Waals surface area contributed by atoms with E-state index in [1.54, 1.807) is 59.5 Å². The highest BCUT2D eigenvalue weighted by Crippen LogP contribution is 2.39. The molecule has 2 saturated heterocycles. The number of carbonyl (C=O) groups excluding carboxylic acids is 2. The van der Waals surface area contributed by atoms with Crippen LogP contribution in [0.2, 0.25) is 5.02 Å². The van der Waals surface area contributed by atoms with E-state index in [2.05, 4.69) is 5.32 Å². The van der Waals surface area contributed by atoms with Crippen molar-refractivity contribution in [1.29, 1.82) is 0 Å². The van der Waals surface area contributed by atoms with E-state index in [9.17, 15) is 22.8 Å². The fourth-order valence-corrected chi connectivity index (χ4v) is 5.00. The van der Waals surface area contributed by atoms with Crippen molar-refractivity contribution in [1.82, 2.24) is 15.1 Å². The van der Waals surface area contributed by atoms with E-state index in [1.807, 2.05) is 0 Å². The second-order valence-electron chi connectivity index (χ2n) is 9.14. The molecule has 2 unspecified atom stereocenters. The number of hydrogen-bond acceptors (Lipinski definition) is 6. The van der Waals surface area contributed by atoms with E-state index in [0.29, 0.717) is 42.6 Å². The Balaban J connectivity index is 1.65. The summed E-state index contributed by atoms with van der Waals surface area (Å²) in [5, 5.41) is 3.37. The molecule has 0 saturated carbocycles. The van der Waals surface area contributed by atoms with Gasteiger partial charge < -0.3 is 9.47 Å². The maximum atomic E-state index is 14.7. The lowest BCUT2D eigenvalue weighted by molar-refractivity contribution is -0.183. The van der Waals surface area contributed by atoms with Crippen LogP contribution in [0, 0.1) is 0 Å². The quantitative estimate of drug-likeness (QED) is 0.477. The van der Waals surface area contributed by atoms with Crippen molar-refractivity contribution in [3.05, 3.63) is 101 Å². The lowest BCUT2D eigenvalue weighted by Crippen LogP contribution is -2.63. The van der Waals surface area contributed by atoms with Gasteiger partial charge in [0.1, 0.15) is 11.9 Å². The number of morpholine rings is 1. The van der Waals surface area contributed by atoms with Gasteiger partial charge in [-0.2, -0.15) is 13.2 Å². The molecule has 3 aromatic rings. The van der Waals surface area contributed by atoms with Gasteiger partial charge in [-0.05, 0) is 42.0 Å². The van der Waals surface area contributed by atoms with Crippen LogP contribution in [0.5, 0.6) is 5.75 Å². The molecule has 2 aliphatic heterocycles. The number of halogens is 4. The molecule has 2 fully saturated rings. The molecule has 0 radical (unpaired) electrons. The molecule has 11 heteroatoms. The van der Waals surface area contributed by atoms with Crippen LogP contribution in [0.1, 0.15) is 22.9 Å². The average Bonchev–Trinajstić information content (AvgIpc) is 3.34. The average molecular weight is 560 g/mol. The standard InChI is InChI=1S/C28H25ClF3N3O4/c29-22-9-11-23(12-10-22)39-27(20-6-2-1-3-7-20,34-13-15-38-16-14-34)26(37)35-24(36)18-33-25(35)19-5-4-8-21(17-19)28(30,31)32/h1-12,17,25,33H,13-16,18H2. The van der Waals surface area contributed by atoms with Crippen LogP contribution in [0.4, 0.5) is 13.2 Å². The highest BCUT2D eigenvalue weighted by atomic mass is 35.5. The molecule has 0 spiro atoms. The Kier molecular flexibility index (Phi) is 7.64. The van der Waals surface area contributed by atoms with Crippen molar-refractivity contribution in [2.24, 2.45) is 0 Å². The van der Waals surface area contributed by atoms with E-state index in [-0.39, 0.29) is 12.1 Å². The fourth-order valence-electron chi connectivity index (χ4n) is 4.87. The van der Waals surface area contributed by atoms with Crippen LogP contribution in [0.3, 0.4) is 0 Å². The van der Waals surface area contributed by atoms with E-state index in [1.165, 1.54) is 12.1 Å². The summed E-state index contributed by atoms with van der Waals surface area (Å²) in [7, 11) is 0. The molecular formula is C28H25ClF3N3O4. The van der Waals surface area contributed by atoms with Gasteiger partial charge in [-0.15, -0.1) is 0 Å². The maximum absolute atomic E-state index is 14.7. The Hall–Kier alpha value is -3.44. The molecule has 0 bridgehead atoms. The Morgan fingerprint density at radius 3 is 2.28 bits per heavy atom. The Morgan fingerprint density at radius 1 is 0.949 bits per heavy atom. The third kappa shape index (κ3) is 5.38. The predicted molar refractivity (Wildman–Crippen MR) is 137 cm³/mol. The Bertz CT molecular complexity index is 1330. The molecule has 2 heterocycles. The first-order valence-electron chi connectivity index (χ1n) is 12.3. The van der Waals surface area contributed by atoms with Crippen LogP contribution in [-0.2, 0) is 26.2 Å². The molecule has 7 nitrogen and oxygen atoms in total. The molecule has 2 atom stereocenters. The summed E-state index contributed by atoms with van der Waals surface area (Å²) in [6, 6.07) is 19.8. The molecule has 2 amide bonds. The summed E-state index contributed by atoms with van der Waals surface area (Å²) in [4.78, 5) is 30.7. The number of amides is 2. The summed E-state index contributed by atoms with van der Waals surface area (Å²) in [5.74, 6) is -1.00. The summed E-state index contributed by atoms with van der Waals surface area (Å²) in [6.07, 6.45) is -5.72. The fraction of sp³-hybridized carbons (Fsp3) is 0.286. The largest absolute Gasteiger partial charge is 0.459 e. The monoisotopic (exact) mass is 559 g/mol. The van der Waals surface area contributed by atoms with E-state index < -0.39 is 35.4 Å². The first-order valence-corrected chi connectivity index (χ1v) is 12.7. The zero-order valence-electron chi connectivity index (χ0n) is 20.7. The lowest BCUT2D eigenvalue weighted by Gasteiger charge is -2.45. The SMILES string of the molecule is O=C1CNC(c2cccc(C(F)(F)F)c2)N1C(=O)C(Oc1ccc(Cl)cc1)(c1ccccc1)N1CCOCC1. The van der Waals surface area contributed by atoms with Gasteiger partial charge in [0.25, 0.3) is 11.6 Å². The van der Waals surface area contributed by atoms with Crippen molar-refractivity contribution in [3.8, 4) is 5.75 Å². The van der Waals surface area contributed by atoms with Gasteiger partial charge in [0.15, 0.2) is 0 Å². The molecule has 0 aliphatic carbocycles. The first-order chi connectivity index (χ1) is 18.7. The molecule has 0 aromatic heterocycles. The summed E-state index contributed by atoms with van der Waals surface area (Å²) in [5.41, 5.74) is -2.14. The maximum Gasteiger partial charge on any atom is 0.416 e. The van der Waals surface area contributed by atoms with Gasteiger partial charge in [-0.25, -0.2) is 4.90 Å². The zero-order valence-corrected chi connectivity index (χ0v) is 21.4. The van der Waals surface area contributed by atoms with Crippen LogP contribution in [0.25, 0.3) is 0 Å². The molecule has 204 valence electrons. The van der Waals surface area contributed by atoms with Gasteiger partial charge in [0.2, 0.25) is 5.91 Å². The van der Waals surface area contributed by atoms with Gasteiger partial charge in [0.05, 0.1) is 25.3 Å². The number of alkyl halides is 3. The molecule has 39 heavy (non-hydrogen) atoms. The van der Waals surface area contributed by atoms with E-state index in [4.69, 9.17) is 21.1 Å². The smallest absolute Gasteiger partial charge is 0.416 e. The number of nitrogens with zero attached hydrogens (tertiary/aromatic N) is 2. The van der Waals surface area contributed by atoms with Crippen molar-refractivity contribution in [3.63, 3.8) is 0 Å². The topological polar surface area (TPSA) is 71.1 Å². The third-order valence-corrected chi connectivity index (χ3v) is 6.96. The number of nitrogens with one attached hydrogen (secondary N) is 1. The predicted octanol–water partition coefficient (Wildman–Crippen LogP) is 4.58. The second-order valence-corrected chi connectivity index (χ2v) is 9.58. The van der Waals surface area contributed by atoms with Crippen LogP contribution < -0.4 is 10.1 Å².